The molecule has 9 heteroatoms. The predicted molar refractivity (Wildman–Crippen MR) is 144 cm³/mol. The van der Waals surface area contributed by atoms with Gasteiger partial charge in [0.1, 0.15) is 29.6 Å². The highest BCUT2D eigenvalue weighted by atomic mass is 19.1. The van der Waals surface area contributed by atoms with Crippen molar-refractivity contribution in [1.82, 2.24) is 10.2 Å². The molecular formula is C29H34FN3O5. The summed E-state index contributed by atoms with van der Waals surface area (Å²) in [6, 6.07) is 22.6. The molecule has 0 spiro atoms. The summed E-state index contributed by atoms with van der Waals surface area (Å²) in [6.45, 7) is 3.65. The molecule has 1 amide bonds. The fourth-order valence-corrected chi connectivity index (χ4v) is 3.54. The lowest BCUT2D eigenvalue weighted by Gasteiger charge is -2.26. The molecule has 1 saturated heterocycles. The predicted octanol–water partition coefficient (Wildman–Crippen LogP) is 3.88. The van der Waals surface area contributed by atoms with Gasteiger partial charge in [-0.3, -0.25) is 9.69 Å². The number of amides is 1. The van der Waals surface area contributed by atoms with Gasteiger partial charge in [0.05, 0.1) is 33.0 Å². The molecule has 3 aromatic carbocycles. The molecule has 0 aromatic heterocycles. The van der Waals surface area contributed by atoms with Crippen molar-refractivity contribution in [3.8, 4) is 11.5 Å². The van der Waals surface area contributed by atoms with Gasteiger partial charge in [-0.15, -0.1) is 0 Å². The van der Waals surface area contributed by atoms with E-state index >= 15 is 0 Å². The first-order valence-corrected chi connectivity index (χ1v) is 12.4. The van der Waals surface area contributed by atoms with E-state index in [1.165, 1.54) is 12.1 Å². The lowest BCUT2D eigenvalue weighted by atomic mass is 10.2. The van der Waals surface area contributed by atoms with Gasteiger partial charge < -0.3 is 29.6 Å². The first kappa shape index (κ1) is 28.8. The third-order valence-electron chi connectivity index (χ3n) is 5.58. The van der Waals surface area contributed by atoms with Crippen molar-refractivity contribution in [2.45, 2.75) is 12.6 Å². The second kappa shape index (κ2) is 16.1. The lowest BCUT2D eigenvalue weighted by molar-refractivity contribution is -0.126. The van der Waals surface area contributed by atoms with Gasteiger partial charge in [-0.05, 0) is 54.1 Å². The topological polar surface area (TPSA) is 89.1 Å². The number of aldehydes is 1. The Labute approximate surface area is 222 Å². The number of carbonyl (C=O) groups excluding carboxylic acids is 2. The Morgan fingerprint density at radius 1 is 1.00 bits per heavy atom. The SMILES string of the molecule is CNc1ccc(Oc2ccc(F)cc2)cc1.O=CC(COCc1ccccc1)NC(=O)CN1CCOCC1. The fourth-order valence-electron chi connectivity index (χ4n) is 3.54. The van der Waals surface area contributed by atoms with Crippen molar-refractivity contribution in [2.24, 2.45) is 0 Å². The molecule has 0 radical (unpaired) electrons. The normalized spacial score (nSPS) is 13.9. The highest BCUT2D eigenvalue weighted by molar-refractivity contribution is 5.81. The molecule has 0 bridgehead atoms. The highest BCUT2D eigenvalue weighted by Gasteiger charge is 2.17. The maximum Gasteiger partial charge on any atom is 0.234 e. The van der Waals surface area contributed by atoms with Crippen LogP contribution in [0.25, 0.3) is 0 Å². The van der Waals surface area contributed by atoms with E-state index in [2.05, 4.69) is 10.6 Å². The number of nitrogens with one attached hydrogen (secondary N) is 2. The van der Waals surface area contributed by atoms with Crippen LogP contribution in [0.4, 0.5) is 10.1 Å². The quantitative estimate of drug-likeness (QED) is 0.369. The third kappa shape index (κ3) is 10.7. The molecule has 38 heavy (non-hydrogen) atoms. The smallest absolute Gasteiger partial charge is 0.234 e. The number of hydrogen-bond donors (Lipinski definition) is 2. The molecule has 0 aliphatic carbocycles. The molecule has 1 aliphatic heterocycles. The summed E-state index contributed by atoms with van der Waals surface area (Å²) in [7, 11) is 1.86. The second-order valence-corrected chi connectivity index (χ2v) is 8.53. The summed E-state index contributed by atoms with van der Waals surface area (Å²) in [6.07, 6.45) is 0.711. The van der Waals surface area contributed by atoms with Crippen LogP contribution in [-0.2, 0) is 25.7 Å². The first-order valence-electron chi connectivity index (χ1n) is 12.4. The summed E-state index contributed by atoms with van der Waals surface area (Å²) >= 11 is 0. The Hall–Kier alpha value is -3.79. The summed E-state index contributed by atoms with van der Waals surface area (Å²) in [5.74, 6) is 0.921. The zero-order chi connectivity index (χ0) is 27.0. The van der Waals surface area contributed by atoms with Crippen LogP contribution in [0.15, 0.2) is 78.9 Å². The van der Waals surface area contributed by atoms with Crippen LogP contribution in [0.3, 0.4) is 0 Å². The molecule has 2 N–H and O–H groups in total. The summed E-state index contributed by atoms with van der Waals surface area (Å²) in [4.78, 5) is 25.0. The van der Waals surface area contributed by atoms with Crippen LogP contribution in [0.2, 0.25) is 0 Å². The average molecular weight is 524 g/mol. The van der Waals surface area contributed by atoms with E-state index < -0.39 is 6.04 Å². The van der Waals surface area contributed by atoms with E-state index in [9.17, 15) is 14.0 Å². The fraction of sp³-hybridized carbons (Fsp3) is 0.310. The Morgan fingerprint density at radius 2 is 1.63 bits per heavy atom. The Morgan fingerprint density at radius 3 is 2.24 bits per heavy atom. The number of carbonyl (C=O) groups is 2. The molecule has 202 valence electrons. The largest absolute Gasteiger partial charge is 0.457 e. The Balaban J connectivity index is 0.000000221. The number of halogens is 1. The van der Waals surface area contributed by atoms with Crippen LogP contribution in [0.5, 0.6) is 11.5 Å². The first-order chi connectivity index (χ1) is 18.6. The molecule has 1 atom stereocenters. The van der Waals surface area contributed by atoms with Gasteiger partial charge in [-0.2, -0.15) is 0 Å². The van der Waals surface area contributed by atoms with Gasteiger partial charge in [0.25, 0.3) is 0 Å². The number of anilines is 1. The van der Waals surface area contributed by atoms with Gasteiger partial charge in [-0.1, -0.05) is 30.3 Å². The summed E-state index contributed by atoms with van der Waals surface area (Å²) < 4.78 is 28.9. The van der Waals surface area contributed by atoms with Gasteiger partial charge in [-0.25, -0.2) is 4.39 Å². The van der Waals surface area contributed by atoms with Crippen LogP contribution in [0.1, 0.15) is 5.56 Å². The number of morpholine rings is 1. The van der Waals surface area contributed by atoms with Gasteiger partial charge in [0, 0.05) is 25.8 Å². The van der Waals surface area contributed by atoms with Crippen molar-refractivity contribution >= 4 is 17.9 Å². The third-order valence-corrected chi connectivity index (χ3v) is 5.58. The molecule has 0 saturated carbocycles. The molecule has 1 aliphatic rings. The second-order valence-electron chi connectivity index (χ2n) is 8.53. The summed E-state index contributed by atoms with van der Waals surface area (Å²) in [5, 5.41) is 5.71. The number of rotatable bonds is 11. The van der Waals surface area contributed by atoms with Crippen LogP contribution >= 0.6 is 0 Å². The monoisotopic (exact) mass is 523 g/mol. The molecular weight excluding hydrogens is 489 g/mol. The molecule has 8 nitrogen and oxygen atoms in total. The maximum atomic E-state index is 12.7. The standard InChI is InChI=1S/C16H22N2O4.C13H12FNO/c19-11-15(13-22-12-14-4-2-1-3-5-14)17-16(20)10-18-6-8-21-9-7-18;1-15-11-4-8-13(9-5-11)16-12-6-2-10(14)3-7-12/h1-5,11,15H,6-10,12-13H2,(H,17,20);2-9,15H,1H3. The van der Waals surface area contributed by atoms with Crippen molar-refractivity contribution in [3.63, 3.8) is 0 Å². The van der Waals surface area contributed by atoms with E-state index in [4.69, 9.17) is 14.2 Å². The van der Waals surface area contributed by atoms with Gasteiger partial charge in [0.2, 0.25) is 5.91 Å². The van der Waals surface area contributed by atoms with E-state index in [1.54, 1.807) is 12.1 Å². The number of nitrogens with zero attached hydrogens (tertiary/aromatic N) is 1. The van der Waals surface area contributed by atoms with E-state index in [0.717, 1.165) is 30.1 Å². The van der Waals surface area contributed by atoms with Crippen molar-refractivity contribution < 1.29 is 28.2 Å². The molecule has 1 fully saturated rings. The Kier molecular flexibility index (Phi) is 12.2. The van der Waals surface area contributed by atoms with Crippen LogP contribution < -0.4 is 15.4 Å². The van der Waals surface area contributed by atoms with Crippen LogP contribution in [-0.4, -0.2) is 69.6 Å². The minimum Gasteiger partial charge on any atom is -0.457 e. The van der Waals surface area contributed by atoms with Crippen molar-refractivity contribution in [2.75, 3.05) is 51.8 Å². The van der Waals surface area contributed by atoms with E-state index in [-0.39, 0.29) is 24.9 Å². The van der Waals surface area contributed by atoms with Crippen LogP contribution in [0, 0.1) is 5.82 Å². The Bertz CT molecular complexity index is 1090. The maximum absolute atomic E-state index is 12.7. The zero-order valence-corrected chi connectivity index (χ0v) is 21.5. The van der Waals surface area contributed by atoms with Gasteiger partial charge in [0.15, 0.2) is 0 Å². The number of benzene rings is 3. The highest BCUT2D eigenvalue weighted by Crippen LogP contribution is 2.22. The minimum absolute atomic E-state index is 0.165. The molecule has 4 rings (SSSR count). The number of ether oxygens (including phenoxy) is 3. The van der Waals surface area contributed by atoms with E-state index in [1.807, 2.05) is 66.5 Å². The lowest BCUT2D eigenvalue weighted by Crippen LogP contribution is -2.47. The molecule has 1 unspecified atom stereocenters. The van der Waals surface area contributed by atoms with Gasteiger partial charge >= 0.3 is 0 Å². The molecule has 1 heterocycles. The average Bonchev–Trinajstić information content (AvgIpc) is 2.95. The van der Waals surface area contributed by atoms with Crippen molar-refractivity contribution in [3.05, 3.63) is 90.2 Å². The van der Waals surface area contributed by atoms with E-state index in [0.29, 0.717) is 31.9 Å². The van der Waals surface area contributed by atoms with Crippen molar-refractivity contribution in [1.29, 1.82) is 0 Å². The number of hydrogen-bond acceptors (Lipinski definition) is 7. The minimum atomic E-state index is -0.614. The molecule has 3 aromatic rings. The zero-order valence-electron chi connectivity index (χ0n) is 21.5. The summed E-state index contributed by atoms with van der Waals surface area (Å²) in [5.41, 5.74) is 2.05.